The van der Waals surface area contributed by atoms with E-state index in [-0.39, 0.29) is 30.0 Å². The van der Waals surface area contributed by atoms with Gasteiger partial charge in [0.25, 0.3) is 0 Å². The van der Waals surface area contributed by atoms with Gasteiger partial charge in [-0.3, -0.25) is 4.79 Å². The first-order valence-electron chi connectivity index (χ1n) is 14.7. The maximum atomic E-state index is 14.0. The van der Waals surface area contributed by atoms with Crippen LogP contribution in [0.1, 0.15) is 60.3 Å². The van der Waals surface area contributed by atoms with Crippen molar-refractivity contribution in [1.82, 2.24) is 24.3 Å². The number of aromatic nitrogens is 4. The van der Waals surface area contributed by atoms with Crippen molar-refractivity contribution in [3.63, 3.8) is 0 Å². The van der Waals surface area contributed by atoms with Crippen molar-refractivity contribution in [1.29, 1.82) is 0 Å². The Morgan fingerprint density at radius 2 is 1.98 bits per heavy atom. The molecule has 4 heterocycles. The largest absolute Gasteiger partial charge is 0.488 e. The van der Waals surface area contributed by atoms with Crippen LogP contribution in [0.4, 0.5) is 5.82 Å². The zero-order valence-electron chi connectivity index (χ0n) is 24.2. The minimum absolute atomic E-state index is 0.0535. The van der Waals surface area contributed by atoms with Crippen LogP contribution in [-0.4, -0.2) is 69.0 Å². The van der Waals surface area contributed by atoms with E-state index in [9.17, 15) is 18.3 Å². The van der Waals surface area contributed by atoms with E-state index in [0.717, 1.165) is 60.0 Å². The van der Waals surface area contributed by atoms with E-state index in [1.165, 1.54) is 0 Å². The third kappa shape index (κ3) is 5.12. The van der Waals surface area contributed by atoms with Crippen LogP contribution >= 0.6 is 0 Å². The van der Waals surface area contributed by atoms with Gasteiger partial charge in [0.05, 0.1) is 12.5 Å². The lowest BCUT2D eigenvalue weighted by Gasteiger charge is -2.26. The van der Waals surface area contributed by atoms with E-state index < -0.39 is 21.9 Å². The molecule has 1 saturated carbocycles. The molecule has 2 aliphatic heterocycles. The Bertz CT molecular complexity index is 1840. The second kappa shape index (κ2) is 10.6. The van der Waals surface area contributed by atoms with Crippen LogP contribution in [0.2, 0.25) is 0 Å². The SMILES string of the molecule is Cc1ccc(C(CC(=O)O)c2cc(OC3CC3)c3c(c2)nnn3C)cc1CN1C[C@H]2CCCN2c2ncccc2S1(=O)=O. The average Bonchev–Trinajstić information content (AvgIpc) is 3.56. The Labute approximate surface area is 250 Å². The number of nitrogens with zero attached hydrogens (tertiary/aromatic N) is 6. The van der Waals surface area contributed by atoms with Gasteiger partial charge in [-0.15, -0.1) is 5.10 Å². The zero-order valence-corrected chi connectivity index (χ0v) is 25.0. The Morgan fingerprint density at radius 1 is 1.14 bits per heavy atom. The molecule has 0 spiro atoms. The van der Waals surface area contributed by atoms with E-state index in [1.807, 2.05) is 44.3 Å². The summed E-state index contributed by atoms with van der Waals surface area (Å²) in [6, 6.07) is 13.0. The second-order valence-electron chi connectivity index (χ2n) is 11.9. The van der Waals surface area contributed by atoms with Gasteiger partial charge in [-0.1, -0.05) is 23.4 Å². The predicted octanol–water partition coefficient (Wildman–Crippen LogP) is 3.99. The molecule has 2 aromatic heterocycles. The van der Waals surface area contributed by atoms with Gasteiger partial charge in [0.1, 0.15) is 27.5 Å². The predicted molar refractivity (Wildman–Crippen MR) is 160 cm³/mol. The van der Waals surface area contributed by atoms with Gasteiger partial charge in [0.15, 0.2) is 0 Å². The molecule has 4 aromatic rings. The lowest BCUT2D eigenvalue weighted by atomic mass is 9.86. The number of carboxylic acid groups (broad SMARTS) is 1. The molecule has 1 aliphatic carbocycles. The highest BCUT2D eigenvalue weighted by Crippen LogP contribution is 2.39. The molecule has 11 nitrogen and oxygen atoms in total. The molecule has 3 aliphatic rings. The molecule has 2 fully saturated rings. The molecule has 0 bridgehead atoms. The van der Waals surface area contributed by atoms with Crippen molar-refractivity contribution < 1.29 is 23.1 Å². The highest BCUT2D eigenvalue weighted by atomic mass is 32.2. The van der Waals surface area contributed by atoms with Gasteiger partial charge in [-0.25, -0.2) is 18.1 Å². The fourth-order valence-corrected chi connectivity index (χ4v) is 8.04. The molecule has 1 saturated heterocycles. The van der Waals surface area contributed by atoms with E-state index in [4.69, 9.17) is 4.74 Å². The summed E-state index contributed by atoms with van der Waals surface area (Å²) in [5, 5.41) is 18.4. The van der Waals surface area contributed by atoms with Gasteiger partial charge in [-0.05, 0) is 79.1 Å². The number of fused-ring (bicyclic) bond motifs is 4. The van der Waals surface area contributed by atoms with Crippen molar-refractivity contribution in [3.05, 3.63) is 70.9 Å². The van der Waals surface area contributed by atoms with Crippen molar-refractivity contribution in [2.75, 3.05) is 18.0 Å². The molecule has 224 valence electrons. The van der Waals surface area contributed by atoms with Gasteiger partial charge in [-0.2, -0.15) is 4.31 Å². The third-order valence-corrected chi connectivity index (χ3v) is 10.7. The Kier molecular flexibility index (Phi) is 6.85. The maximum absolute atomic E-state index is 14.0. The van der Waals surface area contributed by atoms with Crippen LogP contribution in [0, 0.1) is 6.92 Å². The van der Waals surface area contributed by atoms with Gasteiger partial charge >= 0.3 is 5.97 Å². The van der Waals surface area contributed by atoms with Crippen LogP contribution in [-0.2, 0) is 28.4 Å². The first-order valence-corrected chi connectivity index (χ1v) is 16.2. The number of anilines is 1. The maximum Gasteiger partial charge on any atom is 0.304 e. The summed E-state index contributed by atoms with van der Waals surface area (Å²) in [5.74, 6) is -0.255. The number of aryl methyl sites for hydroxylation is 2. The second-order valence-corrected chi connectivity index (χ2v) is 13.8. The summed E-state index contributed by atoms with van der Waals surface area (Å²) in [6.07, 6.45) is 5.50. The first-order chi connectivity index (χ1) is 20.7. The highest BCUT2D eigenvalue weighted by molar-refractivity contribution is 7.89. The number of carboxylic acids is 1. The van der Waals surface area contributed by atoms with Crippen molar-refractivity contribution in [2.45, 2.75) is 68.5 Å². The summed E-state index contributed by atoms with van der Waals surface area (Å²) >= 11 is 0. The normalized spacial score (nSPS) is 20.4. The standard InChI is InChI=1S/C31H34N6O5S/c1-19-7-8-20(25(16-29(38)39)21-14-26-30(35(2)34-33-26)27(15-21)42-24-9-10-24)13-22(19)17-36-18-23-5-4-12-37(23)31-28(43(36,40)41)6-3-11-32-31/h3,6-8,11,13-15,23-25H,4-5,9-10,12,16-18H2,1-2H3,(H,38,39)/t23-,25?/m1/s1. The number of ether oxygens (including phenoxy) is 1. The van der Waals surface area contributed by atoms with Crippen LogP contribution < -0.4 is 9.64 Å². The number of carbonyl (C=O) groups is 1. The fourth-order valence-electron chi connectivity index (χ4n) is 6.43. The molecule has 2 atom stereocenters. The molecular weight excluding hydrogens is 568 g/mol. The van der Waals surface area contributed by atoms with Gasteiger partial charge < -0.3 is 14.7 Å². The quantitative estimate of drug-likeness (QED) is 0.318. The Morgan fingerprint density at radius 3 is 2.77 bits per heavy atom. The van der Waals surface area contributed by atoms with Crippen molar-refractivity contribution >= 4 is 32.8 Å². The zero-order chi connectivity index (χ0) is 29.9. The van der Waals surface area contributed by atoms with Gasteiger partial charge in [0.2, 0.25) is 10.0 Å². The summed E-state index contributed by atoms with van der Waals surface area (Å²) in [7, 11) is -2.00. The summed E-state index contributed by atoms with van der Waals surface area (Å²) in [4.78, 5) is 19.0. The summed E-state index contributed by atoms with van der Waals surface area (Å²) < 4.78 is 37.4. The number of hydrogen-bond donors (Lipinski definition) is 1. The smallest absolute Gasteiger partial charge is 0.304 e. The topological polar surface area (TPSA) is 131 Å². The summed E-state index contributed by atoms with van der Waals surface area (Å²) in [5.41, 5.74) is 4.75. The number of aliphatic carboxylic acids is 1. The first kappa shape index (κ1) is 27.8. The molecule has 0 radical (unpaired) electrons. The lowest BCUT2D eigenvalue weighted by molar-refractivity contribution is -0.137. The fraction of sp³-hybridized carbons (Fsp3) is 0.419. The van der Waals surface area contributed by atoms with E-state index in [1.54, 1.807) is 27.3 Å². The minimum Gasteiger partial charge on any atom is -0.488 e. The molecular formula is C31H34N6O5S. The van der Waals surface area contributed by atoms with E-state index >= 15 is 0 Å². The number of benzene rings is 2. The van der Waals surface area contributed by atoms with Crippen molar-refractivity contribution in [2.24, 2.45) is 7.05 Å². The lowest BCUT2D eigenvalue weighted by Crippen LogP contribution is -2.39. The van der Waals surface area contributed by atoms with Gasteiger partial charge in [0, 0.05) is 44.8 Å². The molecule has 7 rings (SSSR count). The Balaban J connectivity index is 1.27. The van der Waals surface area contributed by atoms with Crippen LogP contribution in [0.5, 0.6) is 5.75 Å². The highest BCUT2D eigenvalue weighted by Gasteiger charge is 2.40. The van der Waals surface area contributed by atoms with E-state index in [0.29, 0.717) is 23.6 Å². The molecule has 12 heteroatoms. The molecule has 1 N–H and O–H groups in total. The average molecular weight is 603 g/mol. The molecule has 0 amide bonds. The number of pyridine rings is 1. The van der Waals surface area contributed by atoms with Crippen LogP contribution in [0.25, 0.3) is 11.0 Å². The minimum atomic E-state index is -3.81. The molecule has 43 heavy (non-hydrogen) atoms. The number of hydrogen-bond acceptors (Lipinski definition) is 8. The number of sulfonamides is 1. The monoisotopic (exact) mass is 602 g/mol. The van der Waals surface area contributed by atoms with Crippen molar-refractivity contribution in [3.8, 4) is 5.75 Å². The molecule has 1 unspecified atom stereocenters. The summed E-state index contributed by atoms with van der Waals surface area (Å²) in [6.45, 7) is 3.29. The molecule has 2 aromatic carbocycles. The number of rotatable bonds is 8. The Hall–Kier alpha value is -4.03. The van der Waals surface area contributed by atoms with Crippen LogP contribution in [0.15, 0.2) is 53.6 Å². The van der Waals surface area contributed by atoms with E-state index in [2.05, 4.69) is 20.2 Å². The van der Waals surface area contributed by atoms with Crippen LogP contribution in [0.3, 0.4) is 0 Å². The third-order valence-electron chi connectivity index (χ3n) is 8.84.